The van der Waals surface area contributed by atoms with Gasteiger partial charge in [-0.05, 0) is 12.1 Å². The van der Waals surface area contributed by atoms with Crippen LogP contribution in [-0.4, -0.2) is 57.2 Å². The van der Waals surface area contributed by atoms with Gasteiger partial charge in [0.2, 0.25) is 5.79 Å². The van der Waals surface area contributed by atoms with E-state index in [1.807, 2.05) is 0 Å². The van der Waals surface area contributed by atoms with Crippen LogP contribution in [0.2, 0.25) is 0 Å². The molecule has 1 aliphatic heterocycles. The molecule has 6 heteroatoms. The molecule has 0 amide bonds. The van der Waals surface area contributed by atoms with Crippen LogP contribution < -0.4 is 4.74 Å². The normalized spacial score (nSPS) is 40.0. The first kappa shape index (κ1) is 13.8. The molecule has 1 saturated heterocycles. The van der Waals surface area contributed by atoms with Crippen molar-refractivity contribution in [2.75, 3.05) is 6.61 Å². The van der Waals surface area contributed by atoms with E-state index in [9.17, 15) is 20.4 Å². The van der Waals surface area contributed by atoms with Gasteiger partial charge in [-0.3, -0.25) is 0 Å². The molecule has 6 nitrogen and oxygen atoms in total. The molecule has 1 aromatic carbocycles. The Kier molecular flexibility index (Phi) is 4.18. The van der Waals surface area contributed by atoms with Crippen molar-refractivity contribution in [3.63, 3.8) is 0 Å². The van der Waals surface area contributed by atoms with Crippen LogP contribution in [0, 0.1) is 0 Å². The molecule has 6 atom stereocenters. The Hall–Kier alpha value is -1.18. The van der Waals surface area contributed by atoms with E-state index in [1.165, 1.54) is 6.92 Å². The molecule has 2 unspecified atom stereocenters. The van der Waals surface area contributed by atoms with Gasteiger partial charge in [0.1, 0.15) is 30.2 Å². The molecule has 0 bridgehead atoms. The van der Waals surface area contributed by atoms with Gasteiger partial charge in [-0.15, -0.1) is 0 Å². The Bertz CT molecular complexity index is 454. The zero-order valence-corrected chi connectivity index (χ0v) is 11.1. The van der Waals surface area contributed by atoms with Gasteiger partial charge in [0.15, 0.2) is 0 Å². The standard InChI is InChI=1S/C14H20O6/c1-2-14(19-9-6-4-3-5-7-9)13(18)12(17)11(16)10(8-15)20-14/h3-7,10-13,15-18H,2,8H2,1H3/t10-,11-,12+,13-,14?/m1/s1/i2D/t2?,10-,11-,12+,13-,14?. The smallest absolute Gasteiger partial charge is 0.239 e. The highest BCUT2D eigenvalue weighted by molar-refractivity contribution is 5.22. The molecule has 1 aromatic rings. The summed E-state index contributed by atoms with van der Waals surface area (Å²) in [4.78, 5) is 0. The first-order valence-electron chi connectivity index (χ1n) is 6.99. The van der Waals surface area contributed by atoms with Crippen LogP contribution in [-0.2, 0) is 4.74 Å². The minimum atomic E-state index is -1.88. The second-order valence-electron chi connectivity index (χ2n) is 4.69. The Morgan fingerprint density at radius 3 is 2.45 bits per heavy atom. The van der Waals surface area contributed by atoms with E-state index in [1.54, 1.807) is 30.3 Å². The van der Waals surface area contributed by atoms with Gasteiger partial charge < -0.3 is 29.9 Å². The van der Waals surface area contributed by atoms with Gasteiger partial charge in [-0.25, -0.2) is 0 Å². The Labute approximate surface area is 118 Å². The average molecular weight is 285 g/mol. The highest BCUT2D eigenvalue weighted by atomic mass is 16.7. The fourth-order valence-corrected chi connectivity index (χ4v) is 2.22. The molecule has 2 rings (SSSR count). The summed E-state index contributed by atoms with van der Waals surface area (Å²) in [6, 6.07) is 8.43. The van der Waals surface area contributed by atoms with E-state index in [2.05, 4.69) is 0 Å². The zero-order chi connectivity index (χ0) is 15.6. The van der Waals surface area contributed by atoms with Crippen LogP contribution >= 0.6 is 0 Å². The molecule has 0 saturated carbocycles. The second-order valence-corrected chi connectivity index (χ2v) is 4.69. The maximum absolute atomic E-state index is 10.2. The van der Waals surface area contributed by atoms with Crippen molar-refractivity contribution < 1.29 is 31.3 Å². The fourth-order valence-electron chi connectivity index (χ4n) is 2.22. The number of aliphatic hydroxyl groups is 4. The lowest BCUT2D eigenvalue weighted by atomic mass is 9.91. The molecule has 4 N–H and O–H groups in total. The number of ether oxygens (including phenoxy) is 2. The van der Waals surface area contributed by atoms with E-state index < -0.39 is 43.2 Å². The lowest BCUT2D eigenvalue weighted by Crippen LogP contribution is -2.67. The van der Waals surface area contributed by atoms with Crippen LogP contribution in [0.15, 0.2) is 30.3 Å². The molecule has 20 heavy (non-hydrogen) atoms. The van der Waals surface area contributed by atoms with Crippen molar-refractivity contribution in [3.8, 4) is 5.75 Å². The summed E-state index contributed by atoms with van der Waals surface area (Å²) >= 11 is 0. The summed E-state index contributed by atoms with van der Waals surface area (Å²) in [7, 11) is 0. The molecular weight excluding hydrogens is 264 g/mol. The quantitative estimate of drug-likeness (QED) is 0.603. The van der Waals surface area contributed by atoms with Crippen molar-refractivity contribution in [1.82, 2.24) is 0 Å². The van der Waals surface area contributed by atoms with Crippen molar-refractivity contribution in [3.05, 3.63) is 30.3 Å². The topological polar surface area (TPSA) is 99.4 Å². The van der Waals surface area contributed by atoms with Crippen molar-refractivity contribution in [2.24, 2.45) is 0 Å². The van der Waals surface area contributed by atoms with E-state index in [-0.39, 0.29) is 0 Å². The molecule has 1 aliphatic rings. The third kappa shape index (κ3) is 2.65. The highest BCUT2D eigenvalue weighted by Gasteiger charge is 2.54. The summed E-state index contributed by atoms with van der Waals surface area (Å²) in [5, 5.41) is 39.2. The van der Waals surface area contributed by atoms with Crippen LogP contribution in [0.1, 0.15) is 14.7 Å². The molecule has 1 heterocycles. The average Bonchev–Trinajstić information content (AvgIpc) is 2.48. The van der Waals surface area contributed by atoms with Gasteiger partial charge in [0.25, 0.3) is 0 Å². The van der Waals surface area contributed by atoms with E-state index >= 15 is 0 Å². The van der Waals surface area contributed by atoms with Gasteiger partial charge in [-0.2, -0.15) is 0 Å². The Balaban J connectivity index is 2.35. The minimum absolute atomic E-state index is 0.343. The van der Waals surface area contributed by atoms with E-state index in [0.29, 0.717) is 5.75 Å². The van der Waals surface area contributed by atoms with Crippen LogP contribution in [0.4, 0.5) is 0 Å². The van der Waals surface area contributed by atoms with Gasteiger partial charge >= 0.3 is 0 Å². The first-order valence-corrected chi connectivity index (χ1v) is 6.41. The zero-order valence-electron chi connectivity index (χ0n) is 12.1. The molecule has 112 valence electrons. The summed E-state index contributed by atoms with van der Waals surface area (Å²) in [5.41, 5.74) is 0. The number of para-hydroxylation sites is 1. The molecule has 0 spiro atoms. The van der Waals surface area contributed by atoms with Crippen molar-refractivity contribution in [2.45, 2.75) is 43.5 Å². The first-order chi connectivity index (χ1) is 9.92. The lowest BCUT2D eigenvalue weighted by molar-refractivity contribution is -0.338. The lowest BCUT2D eigenvalue weighted by Gasteiger charge is -2.47. The predicted octanol–water partition coefficient (Wildman–Crippen LogP) is -0.355. The SMILES string of the molecule is [2H]C(C)C1(Oc2ccccc2)O[C@H](CO)[C@@H](O)[C@H](O)[C@H]1O. The summed E-state index contributed by atoms with van der Waals surface area (Å²) in [5.74, 6) is -1.54. The number of hydrogen-bond donors (Lipinski definition) is 4. The van der Waals surface area contributed by atoms with Crippen molar-refractivity contribution >= 4 is 0 Å². The maximum Gasteiger partial charge on any atom is 0.239 e. The highest BCUT2D eigenvalue weighted by Crippen LogP contribution is 2.34. The van der Waals surface area contributed by atoms with E-state index in [0.717, 1.165) is 0 Å². The summed E-state index contributed by atoms with van der Waals surface area (Å²) < 4.78 is 19.0. The van der Waals surface area contributed by atoms with Gasteiger partial charge in [-0.1, -0.05) is 25.1 Å². The number of aliphatic hydroxyl groups excluding tert-OH is 4. The molecule has 0 aromatic heterocycles. The largest absolute Gasteiger partial charge is 0.459 e. The third-order valence-corrected chi connectivity index (χ3v) is 3.41. The number of hydrogen-bond acceptors (Lipinski definition) is 6. The van der Waals surface area contributed by atoms with E-state index in [4.69, 9.17) is 10.8 Å². The maximum atomic E-state index is 10.2. The summed E-state index contributed by atoms with van der Waals surface area (Å²) in [6.07, 6.45) is -6.92. The van der Waals surface area contributed by atoms with Crippen molar-refractivity contribution in [1.29, 1.82) is 0 Å². The molecule has 1 fully saturated rings. The predicted molar refractivity (Wildman–Crippen MR) is 70.1 cm³/mol. The number of rotatable bonds is 4. The fraction of sp³-hybridized carbons (Fsp3) is 0.571. The van der Waals surface area contributed by atoms with Crippen LogP contribution in [0.3, 0.4) is 0 Å². The Morgan fingerprint density at radius 2 is 1.90 bits per heavy atom. The van der Waals surface area contributed by atoms with Crippen LogP contribution in [0.25, 0.3) is 0 Å². The molecular formula is C14H20O6. The monoisotopic (exact) mass is 285 g/mol. The second kappa shape index (κ2) is 6.07. The van der Waals surface area contributed by atoms with Crippen LogP contribution in [0.5, 0.6) is 5.75 Å². The Morgan fingerprint density at radius 1 is 1.25 bits per heavy atom. The minimum Gasteiger partial charge on any atom is -0.459 e. The molecule has 0 radical (unpaired) electrons. The number of benzene rings is 1. The van der Waals surface area contributed by atoms with Gasteiger partial charge in [0.05, 0.1) is 6.61 Å². The molecule has 0 aliphatic carbocycles. The summed E-state index contributed by atoms with van der Waals surface area (Å²) in [6.45, 7) is 0.864. The van der Waals surface area contributed by atoms with Gasteiger partial charge in [0, 0.05) is 7.77 Å². The third-order valence-electron chi connectivity index (χ3n) is 3.41.